The predicted molar refractivity (Wildman–Crippen MR) is 57.9 cm³/mol. The molecule has 0 aromatic carbocycles. The SMILES string of the molecule is CCCC(=O)N1CCC(CC)C(N)C1. The third-order valence-electron chi connectivity index (χ3n) is 3.15. The molecule has 1 amide bonds. The van der Waals surface area contributed by atoms with Crippen molar-refractivity contribution in [3.05, 3.63) is 0 Å². The molecule has 0 spiro atoms. The van der Waals surface area contributed by atoms with Gasteiger partial charge in [-0.1, -0.05) is 20.3 Å². The van der Waals surface area contributed by atoms with Crippen molar-refractivity contribution < 1.29 is 4.79 Å². The highest BCUT2D eigenvalue weighted by Gasteiger charge is 2.27. The zero-order chi connectivity index (χ0) is 10.6. The van der Waals surface area contributed by atoms with E-state index in [1.165, 1.54) is 0 Å². The molecule has 3 heteroatoms. The zero-order valence-electron chi connectivity index (χ0n) is 9.33. The van der Waals surface area contributed by atoms with Gasteiger partial charge >= 0.3 is 0 Å². The van der Waals surface area contributed by atoms with Crippen LogP contribution in [0.2, 0.25) is 0 Å². The van der Waals surface area contributed by atoms with Crippen LogP contribution in [0.1, 0.15) is 39.5 Å². The van der Waals surface area contributed by atoms with Crippen molar-refractivity contribution in [1.82, 2.24) is 4.90 Å². The highest BCUT2D eigenvalue weighted by atomic mass is 16.2. The first-order valence-electron chi connectivity index (χ1n) is 5.72. The molecule has 1 fully saturated rings. The lowest BCUT2D eigenvalue weighted by Gasteiger charge is -2.36. The lowest BCUT2D eigenvalue weighted by Crippen LogP contribution is -2.50. The average Bonchev–Trinajstić information content (AvgIpc) is 2.18. The van der Waals surface area contributed by atoms with E-state index in [1.807, 2.05) is 11.8 Å². The third-order valence-corrected chi connectivity index (χ3v) is 3.15. The number of rotatable bonds is 3. The van der Waals surface area contributed by atoms with Gasteiger partial charge in [-0.25, -0.2) is 0 Å². The van der Waals surface area contributed by atoms with E-state index in [-0.39, 0.29) is 11.9 Å². The molecule has 0 aliphatic carbocycles. The molecule has 1 saturated heterocycles. The topological polar surface area (TPSA) is 46.3 Å². The summed E-state index contributed by atoms with van der Waals surface area (Å²) < 4.78 is 0. The number of hydrogen-bond donors (Lipinski definition) is 1. The second-order valence-corrected chi connectivity index (χ2v) is 4.21. The van der Waals surface area contributed by atoms with Crippen molar-refractivity contribution in [2.75, 3.05) is 13.1 Å². The van der Waals surface area contributed by atoms with Crippen molar-refractivity contribution in [3.8, 4) is 0 Å². The summed E-state index contributed by atoms with van der Waals surface area (Å²) >= 11 is 0. The van der Waals surface area contributed by atoms with E-state index in [9.17, 15) is 4.79 Å². The maximum atomic E-state index is 11.6. The minimum absolute atomic E-state index is 0.189. The molecular weight excluding hydrogens is 176 g/mol. The number of carbonyl (C=O) groups is 1. The quantitative estimate of drug-likeness (QED) is 0.744. The van der Waals surface area contributed by atoms with E-state index < -0.39 is 0 Å². The summed E-state index contributed by atoms with van der Waals surface area (Å²) in [5.41, 5.74) is 6.02. The molecule has 0 radical (unpaired) electrons. The zero-order valence-corrected chi connectivity index (χ0v) is 9.33. The van der Waals surface area contributed by atoms with Gasteiger partial charge in [0.1, 0.15) is 0 Å². The Labute approximate surface area is 86.6 Å². The van der Waals surface area contributed by atoms with Gasteiger partial charge in [-0.2, -0.15) is 0 Å². The van der Waals surface area contributed by atoms with Crippen LogP contribution in [-0.2, 0) is 4.79 Å². The highest BCUT2D eigenvalue weighted by molar-refractivity contribution is 5.76. The van der Waals surface area contributed by atoms with E-state index >= 15 is 0 Å². The lowest BCUT2D eigenvalue weighted by atomic mass is 9.90. The Bertz CT molecular complexity index is 194. The summed E-state index contributed by atoms with van der Waals surface area (Å²) in [6, 6.07) is 0.189. The van der Waals surface area contributed by atoms with Crippen LogP contribution in [0.4, 0.5) is 0 Å². The Kier molecular flexibility index (Phi) is 4.39. The number of piperidine rings is 1. The van der Waals surface area contributed by atoms with Gasteiger partial charge in [0.05, 0.1) is 0 Å². The monoisotopic (exact) mass is 198 g/mol. The molecule has 1 heterocycles. The van der Waals surface area contributed by atoms with E-state index in [1.54, 1.807) is 0 Å². The van der Waals surface area contributed by atoms with Crippen LogP contribution in [0, 0.1) is 5.92 Å². The summed E-state index contributed by atoms with van der Waals surface area (Å²) in [5, 5.41) is 0. The van der Waals surface area contributed by atoms with Gasteiger partial charge in [0.2, 0.25) is 5.91 Å². The van der Waals surface area contributed by atoms with Crippen LogP contribution < -0.4 is 5.73 Å². The maximum absolute atomic E-state index is 11.6. The van der Waals surface area contributed by atoms with Gasteiger partial charge in [-0.3, -0.25) is 4.79 Å². The molecule has 0 bridgehead atoms. The van der Waals surface area contributed by atoms with E-state index in [4.69, 9.17) is 5.73 Å². The van der Waals surface area contributed by atoms with Crippen LogP contribution in [-0.4, -0.2) is 29.9 Å². The molecule has 2 atom stereocenters. The number of likely N-dealkylation sites (tertiary alicyclic amines) is 1. The minimum Gasteiger partial charge on any atom is -0.341 e. The Morgan fingerprint density at radius 1 is 1.50 bits per heavy atom. The van der Waals surface area contributed by atoms with Crippen molar-refractivity contribution in [2.45, 2.75) is 45.6 Å². The Morgan fingerprint density at radius 3 is 2.71 bits per heavy atom. The number of carbonyl (C=O) groups excluding carboxylic acids is 1. The van der Waals surface area contributed by atoms with Gasteiger partial charge < -0.3 is 10.6 Å². The molecule has 0 aromatic rings. The van der Waals surface area contributed by atoms with Crippen molar-refractivity contribution in [1.29, 1.82) is 0 Å². The Balaban J connectivity index is 2.41. The fourth-order valence-electron chi connectivity index (χ4n) is 2.14. The third kappa shape index (κ3) is 2.71. The van der Waals surface area contributed by atoms with Crippen LogP contribution in [0.15, 0.2) is 0 Å². The second kappa shape index (κ2) is 5.35. The van der Waals surface area contributed by atoms with Crippen molar-refractivity contribution in [3.63, 3.8) is 0 Å². The number of hydrogen-bond acceptors (Lipinski definition) is 2. The average molecular weight is 198 g/mol. The molecule has 0 saturated carbocycles. The molecule has 82 valence electrons. The molecule has 3 nitrogen and oxygen atoms in total. The number of amides is 1. The number of nitrogens with two attached hydrogens (primary N) is 1. The number of nitrogens with zero attached hydrogens (tertiary/aromatic N) is 1. The van der Waals surface area contributed by atoms with Crippen LogP contribution >= 0.6 is 0 Å². The molecule has 1 aliphatic heterocycles. The first-order chi connectivity index (χ1) is 6.69. The molecule has 2 unspecified atom stereocenters. The minimum atomic E-state index is 0.189. The summed E-state index contributed by atoms with van der Waals surface area (Å²) in [6.45, 7) is 5.88. The lowest BCUT2D eigenvalue weighted by molar-refractivity contribution is -0.133. The largest absolute Gasteiger partial charge is 0.341 e. The molecular formula is C11H22N2O. The van der Waals surface area contributed by atoms with Crippen LogP contribution in [0.25, 0.3) is 0 Å². The van der Waals surface area contributed by atoms with Gasteiger partial charge in [0.25, 0.3) is 0 Å². The van der Waals surface area contributed by atoms with Gasteiger partial charge in [-0.05, 0) is 18.8 Å². The van der Waals surface area contributed by atoms with Crippen molar-refractivity contribution >= 4 is 5.91 Å². The summed E-state index contributed by atoms with van der Waals surface area (Å²) in [5.74, 6) is 0.887. The summed E-state index contributed by atoms with van der Waals surface area (Å²) in [6.07, 6.45) is 3.81. The van der Waals surface area contributed by atoms with Gasteiger partial charge in [0, 0.05) is 25.6 Å². The normalized spacial score (nSPS) is 27.8. The summed E-state index contributed by atoms with van der Waals surface area (Å²) in [7, 11) is 0. The molecule has 1 rings (SSSR count). The molecule has 1 aliphatic rings. The Morgan fingerprint density at radius 2 is 2.21 bits per heavy atom. The van der Waals surface area contributed by atoms with E-state index in [0.29, 0.717) is 12.3 Å². The molecule has 0 aromatic heterocycles. The van der Waals surface area contributed by atoms with Crippen LogP contribution in [0.3, 0.4) is 0 Å². The fourth-order valence-corrected chi connectivity index (χ4v) is 2.14. The molecule has 2 N–H and O–H groups in total. The predicted octanol–water partition coefficient (Wildman–Crippen LogP) is 1.37. The van der Waals surface area contributed by atoms with Gasteiger partial charge in [-0.15, -0.1) is 0 Å². The first-order valence-corrected chi connectivity index (χ1v) is 5.72. The highest BCUT2D eigenvalue weighted by Crippen LogP contribution is 2.19. The maximum Gasteiger partial charge on any atom is 0.222 e. The van der Waals surface area contributed by atoms with Gasteiger partial charge in [0.15, 0.2) is 0 Å². The summed E-state index contributed by atoms with van der Waals surface area (Å²) in [4.78, 5) is 13.5. The first kappa shape index (κ1) is 11.5. The standard InChI is InChI=1S/C11H22N2O/c1-3-5-11(14)13-7-6-9(4-2)10(12)8-13/h9-10H,3-8,12H2,1-2H3. The van der Waals surface area contributed by atoms with E-state index in [2.05, 4.69) is 6.92 Å². The Hall–Kier alpha value is -0.570. The van der Waals surface area contributed by atoms with Crippen molar-refractivity contribution in [2.24, 2.45) is 11.7 Å². The van der Waals surface area contributed by atoms with Crippen LogP contribution in [0.5, 0.6) is 0 Å². The van der Waals surface area contributed by atoms with E-state index in [0.717, 1.165) is 32.4 Å². The second-order valence-electron chi connectivity index (χ2n) is 4.21. The molecule has 14 heavy (non-hydrogen) atoms. The fraction of sp³-hybridized carbons (Fsp3) is 0.909. The smallest absolute Gasteiger partial charge is 0.222 e.